The van der Waals surface area contributed by atoms with Gasteiger partial charge in [0.15, 0.2) is 5.75 Å². The summed E-state index contributed by atoms with van der Waals surface area (Å²) in [7, 11) is 4.04. The third-order valence-corrected chi connectivity index (χ3v) is 10.0. The van der Waals surface area contributed by atoms with E-state index in [0.29, 0.717) is 44.8 Å². The molecule has 0 spiro atoms. The highest BCUT2D eigenvalue weighted by Gasteiger charge is 2.36. The lowest BCUT2D eigenvalue weighted by Gasteiger charge is -2.29. The number of allylic oxidation sites excluding steroid dienone is 2. The van der Waals surface area contributed by atoms with Gasteiger partial charge < -0.3 is 19.1 Å². The van der Waals surface area contributed by atoms with Crippen molar-refractivity contribution >= 4 is 77.6 Å². The summed E-state index contributed by atoms with van der Waals surface area (Å²) in [6.45, 7) is 6.10. The van der Waals surface area contributed by atoms with Crippen LogP contribution in [-0.4, -0.2) is 39.2 Å². The van der Waals surface area contributed by atoms with Crippen molar-refractivity contribution in [3.63, 3.8) is 0 Å². The highest BCUT2D eigenvalue weighted by molar-refractivity contribution is 9.12. The molecule has 0 aliphatic heterocycles. The number of anilines is 1. The highest BCUT2D eigenvalue weighted by atomic mass is 79.9. The average molecular weight is 867 g/mol. The van der Waals surface area contributed by atoms with E-state index in [2.05, 4.69) is 102 Å². The molecule has 50 heavy (non-hydrogen) atoms. The molecule has 10 heteroatoms. The number of rotatable bonds is 15. The molecule has 3 aromatic rings. The number of hydrogen-bond donors (Lipinski definition) is 0. The number of nitriles is 1. The molecule has 2 unspecified atom stereocenters. The Morgan fingerprint density at radius 1 is 0.900 bits per heavy atom. The Morgan fingerprint density at radius 3 is 2.04 bits per heavy atom. The molecular weight excluding hydrogens is 828 g/mol. The minimum atomic E-state index is -0.662. The van der Waals surface area contributed by atoms with E-state index >= 15 is 0 Å². The van der Waals surface area contributed by atoms with E-state index in [0.717, 1.165) is 52.5 Å². The van der Waals surface area contributed by atoms with E-state index in [4.69, 9.17) is 14.2 Å². The SMILES string of the molecule is C=C(C)C(=O)OCCCCCCOC1=C(Br)C(c2ccc(/C=C/c3ccc(N(C)C)cc3)cc2)C(C(=O)Oc2c(Br)cc(C#N)cc2Br)C=C1. The maximum atomic E-state index is 13.8. The van der Waals surface area contributed by atoms with Crippen LogP contribution in [0.5, 0.6) is 5.75 Å². The molecule has 4 rings (SSSR count). The van der Waals surface area contributed by atoms with Crippen LogP contribution in [0.15, 0.2) is 104 Å². The van der Waals surface area contributed by atoms with Crippen molar-refractivity contribution in [3.05, 3.63) is 126 Å². The molecule has 0 N–H and O–H groups in total. The summed E-state index contributed by atoms with van der Waals surface area (Å²) in [5.74, 6) is -0.925. The fourth-order valence-corrected chi connectivity index (χ4v) is 7.33. The maximum Gasteiger partial charge on any atom is 0.333 e. The summed E-state index contributed by atoms with van der Waals surface area (Å²) in [5.41, 5.74) is 5.00. The summed E-state index contributed by atoms with van der Waals surface area (Å²) in [6.07, 6.45) is 11.2. The molecule has 260 valence electrons. The van der Waals surface area contributed by atoms with Gasteiger partial charge in [0.1, 0.15) is 5.76 Å². The maximum absolute atomic E-state index is 13.8. The minimum absolute atomic E-state index is 0.303. The normalized spacial score (nSPS) is 15.5. The van der Waals surface area contributed by atoms with Crippen LogP contribution in [0.1, 0.15) is 60.8 Å². The lowest BCUT2D eigenvalue weighted by atomic mass is 9.82. The molecule has 0 amide bonds. The first kappa shape index (κ1) is 38.9. The fraction of sp³-hybridized carbons (Fsp3) is 0.275. The molecule has 0 saturated carbocycles. The highest BCUT2D eigenvalue weighted by Crippen LogP contribution is 2.44. The van der Waals surface area contributed by atoms with Crippen LogP contribution in [-0.2, 0) is 19.1 Å². The van der Waals surface area contributed by atoms with E-state index in [9.17, 15) is 14.9 Å². The number of carbonyl (C=O) groups is 2. The Balaban J connectivity index is 1.49. The van der Waals surface area contributed by atoms with Crippen LogP contribution in [0.25, 0.3) is 12.2 Å². The molecule has 3 aromatic carbocycles. The second kappa shape index (κ2) is 18.9. The number of ether oxygens (including phenoxy) is 3. The van der Waals surface area contributed by atoms with Crippen molar-refractivity contribution in [1.82, 2.24) is 0 Å². The average Bonchev–Trinajstić information content (AvgIpc) is 3.10. The molecule has 0 aromatic heterocycles. The van der Waals surface area contributed by atoms with Crippen LogP contribution < -0.4 is 9.64 Å². The Kier molecular flexibility index (Phi) is 14.7. The van der Waals surface area contributed by atoms with Crippen LogP contribution in [0, 0.1) is 17.2 Å². The van der Waals surface area contributed by atoms with Crippen LogP contribution in [0.2, 0.25) is 0 Å². The summed E-state index contributed by atoms with van der Waals surface area (Å²) in [4.78, 5) is 27.4. The Hall–Kier alpha value is -3.91. The number of benzene rings is 3. The first-order chi connectivity index (χ1) is 24.0. The molecule has 0 fully saturated rings. The molecule has 0 radical (unpaired) electrons. The number of halogens is 3. The molecule has 0 heterocycles. The van der Waals surface area contributed by atoms with Crippen molar-refractivity contribution in [2.24, 2.45) is 5.92 Å². The quantitative estimate of drug-likeness (QED) is 0.0494. The number of unbranched alkanes of at least 4 members (excludes halogenated alkanes) is 3. The largest absolute Gasteiger partial charge is 0.493 e. The van der Waals surface area contributed by atoms with Crippen LogP contribution in [0.3, 0.4) is 0 Å². The van der Waals surface area contributed by atoms with Gasteiger partial charge in [-0.3, -0.25) is 4.79 Å². The van der Waals surface area contributed by atoms with E-state index < -0.39 is 17.8 Å². The lowest BCUT2D eigenvalue weighted by molar-refractivity contribution is -0.139. The number of esters is 2. The fourth-order valence-electron chi connectivity index (χ4n) is 5.19. The van der Waals surface area contributed by atoms with Gasteiger partial charge in [-0.25, -0.2) is 4.79 Å². The zero-order valence-electron chi connectivity index (χ0n) is 28.3. The van der Waals surface area contributed by atoms with Crippen molar-refractivity contribution in [2.45, 2.75) is 38.5 Å². The van der Waals surface area contributed by atoms with Gasteiger partial charge in [-0.1, -0.05) is 77.1 Å². The van der Waals surface area contributed by atoms with Crippen molar-refractivity contribution < 1.29 is 23.8 Å². The lowest BCUT2D eigenvalue weighted by Crippen LogP contribution is -2.28. The summed E-state index contributed by atoms with van der Waals surface area (Å²) < 4.78 is 19.0. The predicted octanol–water partition coefficient (Wildman–Crippen LogP) is 10.5. The zero-order valence-corrected chi connectivity index (χ0v) is 33.0. The topological polar surface area (TPSA) is 88.9 Å². The standard InChI is InChI=1S/C40H39Br3N2O5/c1-26(2)39(46)49-22-8-6-5-7-21-48-35-20-19-32(40(47)50-38-33(41)23-29(25-44)24-34(38)42)36(37(35)43)30-15-11-27(12-16-30)9-10-28-13-17-31(18-14-28)45(3)4/h9-20,23-24,32,36H,1,5-8,21-22H2,2-4H3/b10-9+. The van der Waals surface area contributed by atoms with E-state index in [1.807, 2.05) is 50.5 Å². The summed E-state index contributed by atoms with van der Waals surface area (Å²) in [6, 6.07) is 21.8. The first-order valence-corrected chi connectivity index (χ1v) is 18.6. The first-order valence-electron chi connectivity index (χ1n) is 16.2. The second-order valence-electron chi connectivity index (χ2n) is 12.0. The predicted molar refractivity (Wildman–Crippen MR) is 210 cm³/mol. The molecule has 0 bridgehead atoms. The second-order valence-corrected chi connectivity index (χ2v) is 14.6. The molecule has 1 aliphatic rings. The molecule has 1 aliphatic carbocycles. The van der Waals surface area contributed by atoms with Gasteiger partial charge in [-0.05, 0) is 111 Å². The zero-order chi connectivity index (χ0) is 36.2. The number of hydrogen-bond acceptors (Lipinski definition) is 7. The van der Waals surface area contributed by atoms with Crippen molar-refractivity contribution in [3.8, 4) is 11.8 Å². The molecule has 0 saturated heterocycles. The third-order valence-electron chi connectivity index (χ3n) is 7.98. The Bertz CT molecular complexity index is 1800. The van der Waals surface area contributed by atoms with E-state index in [1.165, 1.54) is 0 Å². The van der Waals surface area contributed by atoms with Gasteiger partial charge >= 0.3 is 11.9 Å². The monoisotopic (exact) mass is 864 g/mol. The smallest absolute Gasteiger partial charge is 0.333 e. The van der Waals surface area contributed by atoms with Gasteiger partial charge in [-0.15, -0.1) is 0 Å². The number of carbonyl (C=O) groups excluding carboxylic acids is 2. The minimum Gasteiger partial charge on any atom is -0.493 e. The molecule has 2 atom stereocenters. The van der Waals surface area contributed by atoms with Gasteiger partial charge in [0.05, 0.1) is 39.7 Å². The Morgan fingerprint density at radius 2 is 1.48 bits per heavy atom. The van der Waals surface area contributed by atoms with Crippen LogP contribution >= 0.6 is 47.8 Å². The van der Waals surface area contributed by atoms with Gasteiger partial charge in [0.2, 0.25) is 0 Å². The Labute approximate surface area is 319 Å². The molecular formula is C40H39Br3N2O5. The van der Waals surface area contributed by atoms with Gasteiger partial charge in [0, 0.05) is 35.8 Å². The summed E-state index contributed by atoms with van der Waals surface area (Å²) >= 11 is 10.7. The van der Waals surface area contributed by atoms with Gasteiger partial charge in [0.25, 0.3) is 0 Å². The van der Waals surface area contributed by atoms with Crippen molar-refractivity contribution in [2.75, 3.05) is 32.2 Å². The number of nitrogens with zero attached hydrogens (tertiary/aromatic N) is 2. The van der Waals surface area contributed by atoms with Gasteiger partial charge in [-0.2, -0.15) is 5.26 Å². The molecule has 7 nitrogen and oxygen atoms in total. The van der Waals surface area contributed by atoms with E-state index in [-0.39, 0.29) is 5.97 Å². The van der Waals surface area contributed by atoms with Crippen LogP contribution in [0.4, 0.5) is 5.69 Å². The third kappa shape index (κ3) is 10.8. The van der Waals surface area contributed by atoms with E-state index in [1.54, 1.807) is 19.1 Å². The summed E-state index contributed by atoms with van der Waals surface area (Å²) in [5, 5.41) is 9.32. The van der Waals surface area contributed by atoms with Crippen molar-refractivity contribution in [1.29, 1.82) is 5.26 Å².